The predicted octanol–water partition coefficient (Wildman–Crippen LogP) is 4.35. The van der Waals surface area contributed by atoms with Gasteiger partial charge in [0.2, 0.25) is 11.3 Å². The standard InChI is InChI=1S/C29H27N3O4/c1-5-6-8-18-13-14-31-25(17(18)4)27(34)32-28-20-12-11-19(16(2)3)15-23(20)36-29(28,35)21-9-7-10-22(30)24(21)26(28)33/h5-16,35H,1,30H2,2-4H3,(H,32,34)/b8-6-. The summed E-state index contributed by atoms with van der Waals surface area (Å²) >= 11 is 0. The number of benzene rings is 2. The second kappa shape index (κ2) is 8.17. The van der Waals surface area contributed by atoms with Gasteiger partial charge >= 0.3 is 0 Å². The molecule has 2 unspecified atom stereocenters. The van der Waals surface area contributed by atoms with Gasteiger partial charge in [-0.25, -0.2) is 0 Å². The molecule has 3 aromatic rings. The van der Waals surface area contributed by atoms with E-state index in [-0.39, 0.29) is 28.4 Å². The number of hydrogen-bond donors (Lipinski definition) is 3. The molecule has 0 radical (unpaired) electrons. The Morgan fingerprint density at radius 1 is 1.22 bits per heavy atom. The number of allylic oxidation sites excluding steroid dienone is 2. The maximum absolute atomic E-state index is 14.1. The molecule has 2 aromatic carbocycles. The number of aliphatic hydroxyl groups is 1. The number of ether oxygens (including phenoxy) is 1. The lowest BCUT2D eigenvalue weighted by molar-refractivity contribution is -0.169. The van der Waals surface area contributed by atoms with Crippen LogP contribution in [0.5, 0.6) is 5.75 Å². The lowest BCUT2D eigenvalue weighted by atomic mass is 9.82. The molecule has 1 amide bonds. The van der Waals surface area contributed by atoms with Crippen LogP contribution in [0.15, 0.2) is 67.4 Å². The predicted molar refractivity (Wildman–Crippen MR) is 138 cm³/mol. The summed E-state index contributed by atoms with van der Waals surface area (Å²) in [5.41, 5.74) is 7.63. The Morgan fingerprint density at radius 2 is 2.00 bits per heavy atom. The minimum Gasteiger partial charge on any atom is -0.454 e. The fourth-order valence-corrected chi connectivity index (χ4v) is 5.11. The van der Waals surface area contributed by atoms with Gasteiger partial charge in [-0.05, 0) is 47.7 Å². The number of rotatable bonds is 5. The van der Waals surface area contributed by atoms with Crippen molar-refractivity contribution in [3.8, 4) is 5.75 Å². The number of nitrogens with one attached hydrogen (secondary N) is 1. The number of nitrogens with two attached hydrogens (primary N) is 1. The molecule has 0 bridgehead atoms. The topological polar surface area (TPSA) is 115 Å². The normalized spacial score (nSPS) is 21.8. The van der Waals surface area contributed by atoms with Crippen molar-refractivity contribution in [1.82, 2.24) is 10.3 Å². The number of aromatic nitrogens is 1. The molecule has 0 spiro atoms. The van der Waals surface area contributed by atoms with Crippen LogP contribution in [0, 0.1) is 6.92 Å². The molecule has 7 nitrogen and oxygen atoms in total. The number of carbonyl (C=O) groups is 2. The quantitative estimate of drug-likeness (QED) is 0.369. The Kier molecular flexibility index (Phi) is 5.34. The third-order valence-electron chi connectivity index (χ3n) is 7.05. The third-order valence-corrected chi connectivity index (χ3v) is 7.05. The summed E-state index contributed by atoms with van der Waals surface area (Å²) in [7, 11) is 0. The highest BCUT2D eigenvalue weighted by atomic mass is 16.6. The average molecular weight is 482 g/mol. The van der Waals surface area contributed by atoms with Gasteiger partial charge < -0.3 is 20.9 Å². The van der Waals surface area contributed by atoms with Gasteiger partial charge in [-0.3, -0.25) is 14.6 Å². The first-order valence-electron chi connectivity index (χ1n) is 11.7. The van der Waals surface area contributed by atoms with Gasteiger partial charge in [0.05, 0.1) is 5.56 Å². The van der Waals surface area contributed by atoms with Gasteiger partial charge in [0.1, 0.15) is 11.4 Å². The minimum absolute atomic E-state index is 0.127. The molecule has 0 fully saturated rings. The monoisotopic (exact) mass is 481 g/mol. The van der Waals surface area contributed by atoms with Crippen LogP contribution in [0.25, 0.3) is 6.08 Å². The van der Waals surface area contributed by atoms with Crippen molar-refractivity contribution < 1.29 is 19.4 Å². The van der Waals surface area contributed by atoms with Crippen LogP contribution in [0.3, 0.4) is 0 Å². The van der Waals surface area contributed by atoms with Crippen molar-refractivity contribution in [2.24, 2.45) is 0 Å². The minimum atomic E-state index is -2.18. The lowest BCUT2D eigenvalue weighted by Crippen LogP contribution is -2.60. The highest BCUT2D eigenvalue weighted by molar-refractivity contribution is 6.16. The Hall–Kier alpha value is -4.23. The van der Waals surface area contributed by atoms with E-state index < -0.39 is 23.0 Å². The Morgan fingerprint density at radius 3 is 2.72 bits per heavy atom. The largest absolute Gasteiger partial charge is 0.454 e. The zero-order chi connectivity index (χ0) is 25.8. The van der Waals surface area contributed by atoms with E-state index in [0.717, 1.165) is 11.1 Å². The number of carbonyl (C=O) groups excluding carboxylic acids is 2. The molecule has 1 aliphatic carbocycles. The highest BCUT2D eigenvalue weighted by Gasteiger charge is 2.72. The van der Waals surface area contributed by atoms with Gasteiger partial charge in [0, 0.05) is 23.0 Å². The second-order valence-corrected chi connectivity index (χ2v) is 9.43. The zero-order valence-corrected chi connectivity index (χ0v) is 20.3. The van der Waals surface area contributed by atoms with E-state index >= 15 is 0 Å². The molecule has 1 aromatic heterocycles. The van der Waals surface area contributed by atoms with E-state index in [4.69, 9.17) is 10.5 Å². The first-order chi connectivity index (χ1) is 17.2. The number of ketones is 1. The van der Waals surface area contributed by atoms with E-state index in [0.29, 0.717) is 16.9 Å². The Bertz CT molecular complexity index is 1480. The molecule has 7 heteroatoms. The van der Waals surface area contributed by atoms with E-state index in [2.05, 4.69) is 16.9 Å². The molecule has 4 N–H and O–H groups in total. The SMILES string of the molecule is C=C/C=C\c1ccnc(C(=O)NC23C(=O)c4c(N)cccc4C2(O)Oc2cc(C(C)C)ccc23)c1C. The second-order valence-electron chi connectivity index (χ2n) is 9.43. The van der Waals surface area contributed by atoms with Crippen molar-refractivity contribution in [1.29, 1.82) is 0 Å². The van der Waals surface area contributed by atoms with E-state index in [9.17, 15) is 14.7 Å². The number of amides is 1. The van der Waals surface area contributed by atoms with E-state index in [1.807, 2.05) is 26.0 Å². The summed E-state index contributed by atoms with van der Waals surface area (Å²) in [6, 6.07) is 12.0. The fraction of sp³-hybridized carbons (Fsp3) is 0.207. The van der Waals surface area contributed by atoms with E-state index in [1.165, 1.54) is 6.20 Å². The van der Waals surface area contributed by atoms with Crippen LogP contribution in [-0.2, 0) is 11.3 Å². The highest BCUT2D eigenvalue weighted by Crippen LogP contribution is 2.59. The van der Waals surface area contributed by atoms with E-state index in [1.54, 1.807) is 55.5 Å². The van der Waals surface area contributed by atoms with Crippen LogP contribution < -0.4 is 15.8 Å². The average Bonchev–Trinajstić information content (AvgIpc) is 3.20. The Balaban J connectivity index is 1.70. The summed E-state index contributed by atoms with van der Waals surface area (Å²) in [5, 5.41) is 14.9. The van der Waals surface area contributed by atoms with Gasteiger partial charge in [-0.15, -0.1) is 0 Å². The number of anilines is 1. The first-order valence-corrected chi connectivity index (χ1v) is 11.7. The number of hydrogen-bond acceptors (Lipinski definition) is 6. The number of pyridine rings is 1. The van der Waals surface area contributed by atoms with Crippen molar-refractivity contribution in [2.75, 3.05) is 5.73 Å². The lowest BCUT2D eigenvalue weighted by Gasteiger charge is -2.34. The van der Waals surface area contributed by atoms with Gasteiger partial charge in [-0.1, -0.05) is 62.9 Å². The van der Waals surface area contributed by atoms with Crippen molar-refractivity contribution in [2.45, 2.75) is 38.0 Å². The summed E-state index contributed by atoms with van der Waals surface area (Å²) in [6.45, 7) is 9.52. The summed E-state index contributed by atoms with van der Waals surface area (Å²) < 4.78 is 6.13. The van der Waals surface area contributed by atoms with Crippen LogP contribution in [0.4, 0.5) is 5.69 Å². The maximum atomic E-state index is 14.1. The van der Waals surface area contributed by atoms with Crippen LogP contribution >= 0.6 is 0 Å². The fourth-order valence-electron chi connectivity index (χ4n) is 5.11. The summed E-state index contributed by atoms with van der Waals surface area (Å²) in [6.07, 6.45) is 6.73. The number of fused-ring (bicyclic) bond motifs is 5. The molecule has 182 valence electrons. The number of nitrogen functional groups attached to an aromatic ring is 1. The van der Waals surface area contributed by atoms with Gasteiger partial charge in [-0.2, -0.15) is 0 Å². The molecule has 2 heterocycles. The van der Waals surface area contributed by atoms with Crippen LogP contribution in [-0.4, -0.2) is 21.8 Å². The summed E-state index contributed by atoms with van der Waals surface area (Å²) in [5.74, 6) is -2.82. The van der Waals surface area contributed by atoms with Crippen molar-refractivity contribution in [3.63, 3.8) is 0 Å². The van der Waals surface area contributed by atoms with Gasteiger partial charge in [0.15, 0.2) is 0 Å². The molecular weight excluding hydrogens is 454 g/mol. The number of Topliss-reactive ketones (excluding diaryl/α,β-unsaturated/α-hetero) is 1. The zero-order valence-electron chi connectivity index (χ0n) is 20.3. The van der Waals surface area contributed by atoms with Crippen molar-refractivity contribution in [3.05, 3.63) is 106 Å². The third kappa shape index (κ3) is 3.06. The first kappa shape index (κ1) is 23.5. The molecule has 5 rings (SSSR count). The summed E-state index contributed by atoms with van der Waals surface area (Å²) in [4.78, 5) is 32.1. The maximum Gasteiger partial charge on any atom is 0.271 e. The molecule has 36 heavy (non-hydrogen) atoms. The van der Waals surface area contributed by atoms with Crippen molar-refractivity contribution >= 4 is 23.5 Å². The molecule has 2 atom stereocenters. The van der Waals surface area contributed by atoms with Gasteiger partial charge in [0.25, 0.3) is 11.7 Å². The van der Waals surface area contributed by atoms with Crippen LogP contribution in [0.1, 0.15) is 68.4 Å². The molecule has 0 saturated carbocycles. The van der Waals surface area contributed by atoms with Crippen LogP contribution in [0.2, 0.25) is 0 Å². The molecular formula is C29H27N3O4. The molecule has 2 aliphatic rings. The molecule has 0 saturated heterocycles. The smallest absolute Gasteiger partial charge is 0.271 e. The number of nitrogens with zero attached hydrogens (tertiary/aromatic N) is 1. The Labute approximate surface area is 209 Å². The molecule has 1 aliphatic heterocycles.